The zero-order chi connectivity index (χ0) is 22.6. The van der Waals surface area contributed by atoms with E-state index in [0.717, 1.165) is 25.7 Å². The van der Waals surface area contributed by atoms with Crippen molar-refractivity contribution in [3.05, 3.63) is 34.9 Å². The summed E-state index contributed by atoms with van der Waals surface area (Å²) in [6, 6.07) is 4.46. The molecule has 2 amide bonds. The Labute approximate surface area is 188 Å². The van der Waals surface area contributed by atoms with Gasteiger partial charge >= 0.3 is 5.97 Å². The Bertz CT molecular complexity index is 959. The highest BCUT2D eigenvalue weighted by Gasteiger charge is 2.54. The summed E-state index contributed by atoms with van der Waals surface area (Å²) in [4.78, 5) is 52.3. The minimum atomic E-state index is -0.619. The van der Waals surface area contributed by atoms with Crippen LogP contribution in [0.4, 0.5) is 0 Å². The predicted octanol–water partition coefficient (Wildman–Crippen LogP) is 4.27. The number of hydrogen-bond acceptors (Lipinski definition) is 5. The first-order valence-electron chi connectivity index (χ1n) is 12.0. The molecule has 0 spiro atoms. The van der Waals surface area contributed by atoms with E-state index in [1.54, 1.807) is 0 Å². The lowest BCUT2D eigenvalue weighted by atomic mass is 9.48. The van der Waals surface area contributed by atoms with Gasteiger partial charge in [-0.05, 0) is 86.8 Å². The molecule has 4 fully saturated rings. The molecule has 0 unspecified atom stereocenters. The first kappa shape index (κ1) is 21.4. The van der Waals surface area contributed by atoms with Crippen molar-refractivity contribution >= 4 is 23.6 Å². The van der Waals surface area contributed by atoms with Crippen LogP contribution >= 0.6 is 0 Å². The average Bonchev–Trinajstić information content (AvgIpc) is 2.98. The molecule has 4 aliphatic carbocycles. The van der Waals surface area contributed by atoms with Crippen LogP contribution < -0.4 is 0 Å². The Morgan fingerprint density at radius 1 is 1.00 bits per heavy atom. The smallest absolute Gasteiger partial charge is 0.338 e. The fourth-order valence-electron chi connectivity index (χ4n) is 6.83. The van der Waals surface area contributed by atoms with Crippen LogP contribution in [0.3, 0.4) is 0 Å². The standard InChI is InChI=1S/C26H31NO5/c1-15(2)5-6-27-23(29)20-4-3-19(10-21(20)24(27)30)25(31)32-14-22(28)26-11-16-7-17(12-26)9-18(8-16)13-26/h3-4,10,15-18H,5-9,11-14H2,1-2H3. The molecular weight excluding hydrogens is 406 g/mol. The molecule has 1 aliphatic heterocycles. The van der Waals surface area contributed by atoms with Gasteiger partial charge in [-0.1, -0.05) is 13.8 Å². The summed E-state index contributed by atoms with van der Waals surface area (Å²) in [5.41, 5.74) is 0.459. The second-order valence-electron chi connectivity index (χ2n) is 10.9. The van der Waals surface area contributed by atoms with Crippen LogP contribution in [-0.4, -0.2) is 41.6 Å². The van der Waals surface area contributed by atoms with Crippen LogP contribution in [0.25, 0.3) is 0 Å². The van der Waals surface area contributed by atoms with E-state index in [4.69, 9.17) is 4.74 Å². The Hall–Kier alpha value is -2.50. The van der Waals surface area contributed by atoms with Crippen LogP contribution in [0.1, 0.15) is 89.9 Å². The number of nitrogens with zero attached hydrogens (tertiary/aromatic N) is 1. The number of hydrogen-bond donors (Lipinski definition) is 0. The number of benzene rings is 1. The van der Waals surface area contributed by atoms with Crippen molar-refractivity contribution in [2.45, 2.75) is 58.8 Å². The maximum Gasteiger partial charge on any atom is 0.338 e. The third-order valence-corrected chi connectivity index (χ3v) is 8.10. The van der Waals surface area contributed by atoms with Crippen LogP contribution in [0.2, 0.25) is 0 Å². The third-order valence-electron chi connectivity index (χ3n) is 8.10. The molecule has 170 valence electrons. The Kier molecular flexibility index (Phi) is 5.22. The van der Waals surface area contributed by atoms with Gasteiger partial charge in [0, 0.05) is 12.0 Å². The first-order valence-corrected chi connectivity index (χ1v) is 12.0. The van der Waals surface area contributed by atoms with E-state index < -0.39 is 5.97 Å². The van der Waals surface area contributed by atoms with Gasteiger partial charge in [0.15, 0.2) is 12.4 Å². The topological polar surface area (TPSA) is 80.8 Å². The lowest BCUT2D eigenvalue weighted by molar-refractivity contribution is -0.147. The number of ketones is 1. The van der Waals surface area contributed by atoms with E-state index in [0.29, 0.717) is 35.8 Å². The maximum atomic E-state index is 13.1. The SMILES string of the molecule is CC(C)CCN1C(=O)c2ccc(C(=O)OCC(=O)C34CC5CC(CC(C5)C3)C4)cc2C1=O. The molecule has 6 rings (SSSR count). The minimum absolute atomic E-state index is 0.0530. The molecule has 4 saturated carbocycles. The molecule has 0 saturated heterocycles. The number of carbonyl (C=O) groups excluding carboxylic acids is 4. The summed E-state index contributed by atoms with van der Waals surface area (Å²) < 4.78 is 5.41. The second-order valence-corrected chi connectivity index (χ2v) is 10.9. The monoisotopic (exact) mass is 437 g/mol. The van der Waals surface area contributed by atoms with E-state index >= 15 is 0 Å². The fraction of sp³-hybridized carbons (Fsp3) is 0.615. The number of rotatable bonds is 7. The molecule has 32 heavy (non-hydrogen) atoms. The number of Topliss-reactive ketones (excluding diaryl/α,β-unsaturated/α-hetero) is 1. The lowest BCUT2D eigenvalue weighted by Gasteiger charge is -2.55. The normalized spacial score (nSPS) is 30.2. The molecular formula is C26H31NO5. The van der Waals surface area contributed by atoms with Crippen LogP contribution in [0, 0.1) is 29.1 Å². The van der Waals surface area contributed by atoms with Gasteiger partial charge in [-0.2, -0.15) is 0 Å². The lowest BCUT2D eigenvalue weighted by Crippen LogP contribution is -2.51. The van der Waals surface area contributed by atoms with Crippen molar-refractivity contribution < 1.29 is 23.9 Å². The summed E-state index contributed by atoms with van der Waals surface area (Å²) in [7, 11) is 0. The largest absolute Gasteiger partial charge is 0.454 e. The van der Waals surface area contributed by atoms with E-state index in [1.165, 1.54) is 42.4 Å². The van der Waals surface area contributed by atoms with Crippen molar-refractivity contribution in [3.8, 4) is 0 Å². The number of carbonyl (C=O) groups is 4. The maximum absolute atomic E-state index is 13.1. The number of esters is 1. The van der Waals surface area contributed by atoms with Gasteiger partial charge in [-0.3, -0.25) is 19.3 Å². The van der Waals surface area contributed by atoms with Crippen molar-refractivity contribution in [1.82, 2.24) is 4.90 Å². The zero-order valence-corrected chi connectivity index (χ0v) is 18.9. The number of imide groups is 1. The van der Waals surface area contributed by atoms with E-state index in [2.05, 4.69) is 0 Å². The Balaban J connectivity index is 1.24. The van der Waals surface area contributed by atoms with Crippen molar-refractivity contribution in [3.63, 3.8) is 0 Å². The van der Waals surface area contributed by atoms with Crippen LogP contribution in [0.15, 0.2) is 18.2 Å². The quantitative estimate of drug-likeness (QED) is 0.470. The number of ether oxygens (including phenoxy) is 1. The van der Waals surface area contributed by atoms with E-state index in [-0.39, 0.29) is 40.7 Å². The highest BCUT2D eigenvalue weighted by atomic mass is 16.5. The summed E-state index contributed by atoms with van der Waals surface area (Å²) >= 11 is 0. The third kappa shape index (κ3) is 3.57. The highest BCUT2D eigenvalue weighted by Crippen LogP contribution is 2.60. The molecule has 1 aromatic carbocycles. The molecule has 6 nitrogen and oxygen atoms in total. The zero-order valence-electron chi connectivity index (χ0n) is 18.9. The highest BCUT2D eigenvalue weighted by molar-refractivity contribution is 6.22. The predicted molar refractivity (Wildman–Crippen MR) is 117 cm³/mol. The molecule has 0 atom stereocenters. The Morgan fingerprint density at radius 2 is 1.59 bits per heavy atom. The fourth-order valence-corrected chi connectivity index (χ4v) is 6.83. The van der Waals surface area contributed by atoms with Crippen molar-refractivity contribution in [2.75, 3.05) is 13.2 Å². The van der Waals surface area contributed by atoms with Gasteiger partial charge in [0.1, 0.15) is 0 Å². The van der Waals surface area contributed by atoms with Gasteiger partial charge in [-0.15, -0.1) is 0 Å². The molecule has 0 radical (unpaired) electrons. The van der Waals surface area contributed by atoms with Gasteiger partial charge < -0.3 is 4.74 Å². The Morgan fingerprint density at radius 3 is 2.19 bits per heavy atom. The summed E-state index contributed by atoms with van der Waals surface area (Å²) in [6.45, 7) is 4.23. The second kappa shape index (κ2) is 7.82. The van der Waals surface area contributed by atoms with Gasteiger partial charge in [0.2, 0.25) is 0 Å². The first-order chi connectivity index (χ1) is 15.3. The summed E-state index contributed by atoms with van der Waals surface area (Å²) in [5, 5.41) is 0. The molecule has 1 heterocycles. The van der Waals surface area contributed by atoms with Crippen LogP contribution in [0.5, 0.6) is 0 Å². The van der Waals surface area contributed by atoms with Crippen molar-refractivity contribution in [2.24, 2.45) is 29.1 Å². The van der Waals surface area contributed by atoms with E-state index in [9.17, 15) is 19.2 Å². The molecule has 6 heteroatoms. The minimum Gasteiger partial charge on any atom is -0.454 e. The number of amides is 2. The molecule has 5 aliphatic rings. The van der Waals surface area contributed by atoms with Gasteiger partial charge in [-0.25, -0.2) is 4.79 Å². The van der Waals surface area contributed by atoms with Crippen molar-refractivity contribution in [1.29, 1.82) is 0 Å². The molecule has 1 aromatic rings. The van der Waals surface area contributed by atoms with Gasteiger partial charge in [0.25, 0.3) is 11.8 Å². The molecule has 0 aromatic heterocycles. The number of fused-ring (bicyclic) bond motifs is 1. The van der Waals surface area contributed by atoms with Crippen LogP contribution in [-0.2, 0) is 9.53 Å². The summed E-state index contributed by atoms with van der Waals surface area (Å²) in [5.74, 6) is 1.08. The molecule has 4 bridgehead atoms. The average molecular weight is 438 g/mol. The molecule has 0 N–H and O–H groups in total. The van der Waals surface area contributed by atoms with Gasteiger partial charge in [0.05, 0.1) is 16.7 Å². The van der Waals surface area contributed by atoms with E-state index in [1.807, 2.05) is 13.8 Å². The summed E-state index contributed by atoms with van der Waals surface area (Å²) in [6.07, 6.45) is 7.31.